The predicted octanol–water partition coefficient (Wildman–Crippen LogP) is 4.02. The number of amides is 2. The van der Waals surface area contributed by atoms with Crippen molar-refractivity contribution in [2.24, 2.45) is 5.10 Å². The highest BCUT2D eigenvalue weighted by molar-refractivity contribution is 6.39. The number of hydrogen-bond donors (Lipinski definition) is 2. The van der Waals surface area contributed by atoms with Crippen molar-refractivity contribution in [2.75, 3.05) is 19.5 Å². The third kappa shape index (κ3) is 6.26. The lowest BCUT2D eigenvalue weighted by molar-refractivity contribution is -0.136. The second-order valence-electron chi connectivity index (χ2n) is 7.87. The number of hydrazone groups is 1. The summed E-state index contributed by atoms with van der Waals surface area (Å²) in [5.41, 5.74) is 5.85. The minimum atomic E-state index is -0.912. The summed E-state index contributed by atoms with van der Waals surface area (Å²) in [7, 11) is 2.90. The number of esters is 1. The van der Waals surface area contributed by atoms with Gasteiger partial charge >= 0.3 is 17.8 Å². The Morgan fingerprint density at radius 1 is 0.806 bits per heavy atom. The number of ether oxygens (including phenoxy) is 3. The number of anilines is 1. The quantitative estimate of drug-likeness (QED) is 0.170. The normalized spacial score (nSPS) is 10.9. The molecular weight excluding hydrogens is 462 g/mol. The molecule has 186 valence electrons. The van der Waals surface area contributed by atoms with Gasteiger partial charge < -0.3 is 19.5 Å². The lowest BCUT2D eigenvalue weighted by atomic mass is 10.1. The molecule has 0 saturated carbocycles. The van der Waals surface area contributed by atoms with E-state index in [1.54, 1.807) is 55.5 Å². The number of para-hydroxylation sites is 1. The molecule has 3 aromatic carbocycles. The molecule has 36 heavy (non-hydrogen) atoms. The van der Waals surface area contributed by atoms with E-state index in [0.717, 1.165) is 11.1 Å². The number of nitrogens with one attached hydrogen (secondary N) is 2. The molecule has 0 bridgehead atoms. The summed E-state index contributed by atoms with van der Waals surface area (Å²) in [5, 5.41) is 6.59. The molecule has 0 heterocycles. The molecule has 0 radical (unpaired) electrons. The van der Waals surface area contributed by atoms with Crippen LogP contribution in [0.15, 0.2) is 65.8 Å². The number of carbonyl (C=O) groups excluding carboxylic acids is 3. The summed E-state index contributed by atoms with van der Waals surface area (Å²) >= 11 is 0. The van der Waals surface area contributed by atoms with Crippen molar-refractivity contribution in [1.82, 2.24) is 5.43 Å². The zero-order valence-electron chi connectivity index (χ0n) is 20.7. The van der Waals surface area contributed by atoms with Gasteiger partial charge in [0.1, 0.15) is 11.3 Å². The van der Waals surface area contributed by atoms with Gasteiger partial charge in [-0.3, -0.25) is 9.59 Å². The second kappa shape index (κ2) is 11.7. The Morgan fingerprint density at radius 2 is 1.53 bits per heavy atom. The molecule has 0 saturated heterocycles. The Morgan fingerprint density at radius 3 is 2.25 bits per heavy atom. The minimum absolute atomic E-state index is 0.196. The topological polar surface area (TPSA) is 115 Å². The van der Waals surface area contributed by atoms with Crippen molar-refractivity contribution in [2.45, 2.75) is 20.8 Å². The summed E-state index contributed by atoms with van der Waals surface area (Å²) in [6.07, 6.45) is 0. The average molecular weight is 490 g/mol. The first-order chi connectivity index (χ1) is 17.2. The molecule has 3 rings (SSSR count). The summed E-state index contributed by atoms with van der Waals surface area (Å²) < 4.78 is 16.1. The average Bonchev–Trinajstić information content (AvgIpc) is 2.89. The fourth-order valence-electron chi connectivity index (χ4n) is 3.24. The van der Waals surface area contributed by atoms with Crippen LogP contribution >= 0.6 is 0 Å². The van der Waals surface area contributed by atoms with Gasteiger partial charge in [0.25, 0.3) is 0 Å². The SMILES string of the molecule is COc1cc(/C(C)=N/NC(=O)C(=O)Nc2cc(C)ccc2C)ccc1OC(=O)c1ccccc1OC. The molecule has 0 unspecified atom stereocenters. The Kier molecular flexibility index (Phi) is 8.40. The number of methoxy groups -OCH3 is 2. The van der Waals surface area contributed by atoms with Gasteiger partial charge in [-0.25, -0.2) is 10.2 Å². The number of carbonyl (C=O) groups is 3. The monoisotopic (exact) mass is 489 g/mol. The van der Waals surface area contributed by atoms with Crippen molar-refractivity contribution in [3.63, 3.8) is 0 Å². The van der Waals surface area contributed by atoms with Gasteiger partial charge in [0.05, 0.1) is 19.9 Å². The highest BCUT2D eigenvalue weighted by Gasteiger charge is 2.18. The van der Waals surface area contributed by atoms with E-state index >= 15 is 0 Å². The van der Waals surface area contributed by atoms with Crippen molar-refractivity contribution in [1.29, 1.82) is 0 Å². The lowest BCUT2D eigenvalue weighted by Crippen LogP contribution is -2.33. The van der Waals surface area contributed by atoms with Gasteiger partial charge in [0.2, 0.25) is 0 Å². The maximum Gasteiger partial charge on any atom is 0.347 e. The molecule has 0 aliphatic carbocycles. The maximum absolute atomic E-state index is 12.6. The Balaban J connectivity index is 1.69. The molecule has 0 aliphatic heterocycles. The third-order valence-corrected chi connectivity index (χ3v) is 5.28. The fraction of sp³-hybridized carbons (Fsp3) is 0.185. The van der Waals surface area contributed by atoms with E-state index in [2.05, 4.69) is 15.8 Å². The van der Waals surface area contributed by atoms with Crippen LogP contribution in [-0.2, 0) is 9.59 Å². The Labute approximate surface area is 209 Å². The van der Waals surface area contributed by atoms with Crippen LogP contribution in [0.3, 0.4) is 0 Å². The van der Waals surface area contributed by atoms with Crippen LogP contribution in [0.1, 0.15) is 34.0 Å². The van der Waals surface area contributed by atoms with Crippen LogP contribution < -0.4 is 25.0 Å². The predicted molar refractivity (Wildman–Crippen MR) is 136 cm³/mol. The van der Waals surface area contributed by atoms with Crippen LogP contribution in [-0.4, -0.2) is 37.7 Å². The zero-order chi connectivity index (χ0) is 26.2. The third-order valence-electron chi connectivity index (χ3n) is 5.28. The van der Waals surface area contributed by atoms with Crippen LogP contribution in [0, 0.1) is 13.8 Å². The van der Waals surface area contributed by atoms with Crippen LogP contribution in [0.4, 0.5) is 5.69 Å². The molecule has 0 fully saturated rings. The van der Waals surface area contributed by atoms with E-state index < -0.39 is 17.8 Å². The second-order valence-corrected chi connectivity index (χ2v) is 7.87. The summed E-state index contributed by atoms with van der Waals surface area (Å²) in [4.78, 5) is 37.1. The molecule has 0 aromatic heterocycles. The molecular formula is C27H27N3O6. The highest BCUT2D eigenvalue weighted by Crippen LogP contribution is 2.30. The van der Waals surface area contributed by atoms with Gasteiger partial charge in [-0.2, -0.15) is 5.10 Å². The lowest BCUT2D eigenvalue weighted by Gasteiger charge is -2.12. The van der Waals surface area contributed by atoms with Gasteiger partial charge in [0, 0.05) is 11.3 Å². The standard InChI is InChI=1S/C27H27N3O6/c1-16-10-11-17(2)21(14-16)28-25(31)26(32)30-29-18(3)19-12-13-23(24(15-19)35-5)36-27(33)20-8-6-7-9-22(20)34-4/h6-15H,1-5H3,(H,28,31)(H,30,32)/b29-18+. The van der Waals surface area contributed by atoms with Crippen LogP contribution in [0.2, 0.25) is 0 Å². The summed E-state index contributed by atoms with van der Waals surface area (Å²) in [5.74, 6) is -1.49. The fourth-order valence-corrected chi connectivity index (χ4v) is 3.24. The molecule has 0 aliphatic rings. The first kappa shape index (κ1) is 26.0. The zero-order valence-corrected chi connectivity index (χ0v) is 20.7. The van der Waals surface area contributed by atoms with E-state index in [1.807, 2.05) is 26.0 Å². The Hall–Kier alpha value is -4.66. The molecule has 9 heteroatoms. The molecule has 0 atom stereocenters. The molecule has 2 amide bonds. The largest absolute Gasteiger partial charge is 0.496 e. The van der Waals surface area contributed by atoms with E-state index in [4.69, 9.17) is 14.2 Å². The van der Waals surface area contributed by atoms with Gasteiger partial charge in [-0.05, 0) is 68.3 Å². The molecule has 3 aromatic rings. The van der Waals surface area contributed by atoms with Gasteiger partial charge in [-0.15, -0.1) is 0 Å². The van der Waals surface area contributed by atoms with E-state index in [1.165, 1.54) is 14.2 Å². The van der Waals surface area contributed by atoms with Crippen molar-refractivity contribution in [3.8, 4) is 17.2 Å². The first-order valence-corrected chi connectivity index (χ1v) is 11.0. The first-order valence-electron chi connectivity index (χ1n) is 11.0. The Bertz CT molecular complexity index is 1330. The highest BCUT2D eigenvalue weighted by atomic mass is 16.6. The van der Waals surface area contributed by atoms with Gasteiger partial charge in [-0.1, -0.05) is 24.3 Å². The summed E-state index contributed by atoms with van der Waals surface area (Å²) in [6, 6.07) is 17.1. The van der Waals surface area contributed by atoms with Crippen molar-refractivity contribution >= 4 is 29.2 Å². The molecule has 0 spiro atoms. The minimum Gasteiger partial charge on any atom is -0.496 e. The van der Waals surface area contributed by atoms with Crippen molar-refractivity contribution in [3.05, 3.63) is 82.9 Å². The number of rotatable bonds is 7. The molecule has 2 N–H and O–H groups in total. The van der Waals surface area contributed by atoms with E-state index in [0.29, 0.717) is 22.7 Å². The van der Waals surface area contributed by atoms with Gasteiger partial charge in [0.15, 0.2) is 11.5 Å². The number of benzene rings is 3. The smallest absolute Gasteiger partial charge is 0.347 e. The van der Waals surface area contributed by atoms with Crippen LogP contribution in [0.25, 0.3) is 0 Å². The van der Waals surface area contributed by atoms with Crippen molar-refractivity contribution < 1.29 is 28.6 Å². The van der Waals surface area contributed by atoms with E-state index in [-0.39, 0.29) is 17.1 Å². The number of aryl methyl sites for hydroxylation is 2. The van der Waals surface area contributed by atoms with Crippen LogP contribution in [0.5, 0.6) is 17.2 Å². The maximum atomic E-state index is 12.6. The molecule has 9 nitrogen and oxygen atoms in total. The number of nitrogens with zero attached hydrogens (tertiary/aromatic N) is 1. The summed E-state index contributed by atoms with van der Waals surface area (Å²) in [6.45, 7) is 5.37. The number of hydrogen-bond acceptors (Lipinski definition) is 7. The van der Waals surface area contributed by atoms with E-state index in [9.17, 15) is 14.4 Å².